The maximum absolute atomic E-state index is 12.2. The average molecular weight is 622 g/mol. The number of rotatable bonds is 7. The molecule has 234 valence electrons. The van der Waals surface area contributed by atoms with Gasteiger partial charge in [0.05, 0.1) is 28.9 Å². The van der Waals surface area contributed by atoms with Crippen LogP contribution in [0.4, 0.5) is 13.2 Å². The number of nitrogens with one attached hydrogen (secondary N) is 1. The van der Waals surface area contributed by atoms with Crippen LogP contribution < -0.4 is 11.1 Å². The lowest BCUT2D eigenvalue weighted by Gasteiger charge is -2.23. The summed E-state index contributed by atoms with van der Waals surface area (Å²) in [6.07, 6.45) is 1.84. The Kier molecular flexibility index (Phi) is 12.1. The molecule has 1 aliphatic heterocycles. The van der Waals surface area contributed by atoms with Gasteiger partial charge in [-0.25, -0.2) is 0 Å². The third-order valence-electron chi connectivity index (χ3n) is 7.41. The molecule has 0 spiro atoms. The zero-order valence-corrected chi connectivity index (χ0v) is 26.0. The molecule has 0 radical (unpaired) electrons. The van der Waals surface area contributed by atoms with Crippen molar-refractivity contribution >= 4 is 39.6 Å². The van der Waals surface area contributed by atoms with Crippen molar-refractivity contribution < 1.29 is 32.3 Å². The van der Waals surface area contributed by atoms with Crippen LogP contribution in [0.2, 0.25) is 0 Å². The van der Waals surface area contributed by atoms with E-state index in [9.17, 15) is 22.8 Å². The van der Waals surface area contributed by atoms with Crippen LogP contribution in [0.5, 0.6) is 0 Å². The van der Waals surface area contributed by atoms with E-state index in [2.05, 4.69) is 55.6 Å². The van der Waals surface area contributed by atoms with Crippen molar-refractivity contribution in [2.75, 3.05) is 13.1 Å². The number of thiophene rings is 1. The monoisotopic (exact) mass is 621 g/mol. The van der Waals surface area contributed by atoms with Gasteiger partial charge < -0.3 is 20.7 Å². The van der Waals surface area contributed by atoms with E-state index in [-0.39, 0.29) is 23.0 Å². The number of alkyl halides is 3. The molecule has 2 unspecified atom stereocenters. The molecule has 3 heterocycles. The summed E-state index contributed by atoms with van der Waals surface area (Å²) in [5.41, 5.74) is 5.67. The van der Waals surface area contributed by atoms with Crippen LogP contribution >= 0.6 is 11.3 Å². The molecule has 13 heteroatoms. The summed E-state index contributed by atoms with van der Waals surface area (Å²) in [6.45, 7) is 14.4. The first-order valence-corrected chi connectivity index (χ1v) is 14.5. The van der Waals surface area contributed by atoms with Gasteiger partial charge in [-0.2, -0.15) is 18.4 Å². The van der Waals surface area contributed by atoms with E-state index in [1.807, 2.05) is 23.3 Å². The van der Waals surface area contributed by atoms with Crippen LogP contribution in [0.25, 0.3) is 10.1 Å². The Balaban J connectivity index is 0.000000247. The van der Waals surface area contributed by atoms with E-state index in [1.165, 1.54) is 11.3 Å². The van der Waals surface area contributed by atoms with Gasteiger partial charge >= 0.3 is 12.1 Å². The minimum atomic E-state index is -4.86. The van der Waals surface area contributed by atoms with Crippen molar-refractivity contribution in [1.82, 2.24) is 15.2 Å². The molecule has 3 N–H and O–H groups in total. The van der Waals surface area contributed by atoms with E-state index < -0.39 is 18.1 Å². The SMILES string of the molecule is CC#Cc1csc2cncc(C(C#N)NC=O)c12.CC1CN(C(=O)C[C@@H](C)OC2(C)CC2)CC1(C)C.NC(=O)C(F)(F)F. The second kappa shape index (κ2) is 14.7. The normalized spacial score (nSPS) is 19.2. The van der Waals surface area contributed by atoms with Gasteiger partial charge in [-0.1, -0.05) is 26.7 Å². The Morgan fingerprint density at radius 2 is 1.95 bits per heavy atom. The Hall–Kier alpha value is -3.68. The maximum Gasteiger partial charge on any atom is 0.470 e. The molecular formula is C30H38F3N5O4S. The first kappa shape index (κ1) is 35.5. The number of nitriles is 1. The van der Waals surface area contributed by atoms with Crippen LogP contribution in [0.1, 0.15) is 78.0 Å². The maximum atomic E-state index is 12.2. The second-order valence-corrected chi connectivity index (χ2v) is 12.5. The molecule has 2 aromatic heterocycles. The van der Waals surface area contributed by atoms with Crippen molar-refractivity contribution in [1.29, 1.82) is 5.26 Å². The number of nitrogens with two attached hydrogens (primary N) is 1. The van der Waals surface area contributed by atoms with Crippen LogP contribution in [0, 0.1) is 34.5 Å². The van der Waals surface area contributed by atoms with Gasteiger partial charge in [0.25, 0.3) is 0 Å². The van der Waals surface area contributed by atoms with Crippen molar-refractivity contribution in [3.05, 3.63) is 28.9 Å². The van der Waals surface area contributed by atoms with Gasteiger partial charge in [0.1, 0.15) is 6.04 Å². The number of hydrogen-bond acceptors (Lipinski definition) is 7. The Bertz CT molecular complexity index is 1400. The topological polar surface area (TPSA) is 138 Å². The van der Waals surface area contributed by atoms with Crippen LogP contribution in [0.3, 0.4) is 0 Å². The largest absolute Gasteiger partial charge is 0.470 e. The Morgan fingerprint density at radius 1 is 1.33 bits per heavy atom. The van der Waals surface area contributed by atoms with Gasteiger partial charge in [0.2, 0.25) is 12.3 Å². The third kappa shape index (κ3) is 10.2. The third-order valence-corrected chi connectivity index (χ3v) is 8.33. The molecule has 3 amide bonds. The lowest BCUT2D eigenvalue weighted by Crippen LogP contribution is -2.33. The summed E-state index contributed by atoms with van der Waals surface area (Å²) in [5, 5.41) is 14.4. The number of primary amides is 1. The number of nitrogens with zero attached hydrogens (tertiary/aromatic N) is 3. The van der Waals surface area contributed by atoms with Gasteiger partial charge in [0.15, 0.2) is 0 Å². The quantitative estimate of drug-likeness (QED) is 0.335. The standard InChI is InChI=1S/C15H27NO2.C13H9N3OS.C2H2F3NO/c1-11-9-16(10-14(11,3)4)13(17)8-12(2)18-15(5)6-7-15;1-2-3-9-7-18-12-6-15-5-10(13(9)12)11(4-14)16-8-17;3-2(4,5)1(6)7/h11-12H,6-10H2,1-5H3;5-8,11H,1H3,(H,16,17);(H2,6,7)/t11?,12-;;/m1../s1. The predicted octanol–water partition coefficient (Wildman–Crippen LogP) is 4.85. The van der Waals surface area contributed by atoms with Crippen molar-refractivity contribution in [3.8, 4) is 17.9 Å². The molecule has 0 bridgehead atoms. The molecule has 4 rings (SSSR count). The zero-order chi connectivity index (χ0) is 32.6. The molecule has 1 saturated heterocycles. The molecule has 2 fully saturated rings. The number of likely N-dealkylation sites (tertiary alicyclic amines) is 1. The van der Waals surface area contributed by atoms with E-state index in [4.69, 9.17) is 14.8 Å². The number of ether oxygens (including phenoxy) is 1. The fourth-order valence-corrected chi connectivity index (χ4v) is 5.29. The van der Waals surface area contributed by atoms with E-state index in [0.717, 1.165) is 41.6 Å². The number of carbonyl (C=O) groups is 3. The number of amides is 3. The molecule has 2 aromatic rings. The zero-order valence-electron chi connectivity index (χ0n) is 25.2. The van der Waals surface area contributed by atoms with Crippen molar-refractivity contribution in [3.63, 3.8) is 0 Å². The molecule has 2 aliphatic rings. The number of aromatic nitrogens is 1. The molecule has 9 nitrogen and oxygen atoms in total. The minimum Gasteiger partial charge on any atom is -0.372 e. The van der Waals surface area contributed by atoms with Crippen LogP contribution in [-0.4, -0.2) is 59.1 Å². The van der Waals surface area contributed by atoms with Crippen molar-refractivity contribution in [2.45, 2.75) is 84.7 Å². The number of halogens is 3. The van der Waals surface area contributed by atoms with Crippen LogP contribution in [0.15, 0.2) is 17.8 Å². The van der Waals surface area contributed by atoms with Crippen LogP contribution in [-0.2, 0) is 19.1 Å². The lowest BCUT2D eigenvalue weighted by molar-refractivity contribution is -0.169. The van der Waals surface area contributed by atoms with Gasteiger partial charge in [-0.15, -0.1) is 17.3 Å². The molecular weight excluding hydrogens is 583 g/mol. The van der Waals surface area contributed by atoms with E-state index in [0.29, 0.717) is 24.3 Å². The summed E-state index contributed by atoms with van der Waals surface area (Å²) in [4.78, 5) is 38.0. The molecule has 3 atom stereocenters. The first-order chi connectivity index (χ1) is 20.0. The predicted molar refractivity (Wildman–Crippen MR) is 157 cm³/mol. The average Bonchev–Trinajstić information content (AvgIpc) is 3.37. The Morgan fingerprint density at radius 3 is 2.42 bits per heavy atom. The lowest BCUT2D eigenvalue weighted by atomic mass is 9.84. The number of carbonyl (C=O) groups excluding carboxylic acids is 3. The molecule has 43 heavy (non-hydrogen) atoms. The summed E-state index contributed by atoms with van der Waals surface area (Å²) in [5.74, 6) is 4.42. The minimum absolute atomic E-state index is 0.0454. The highest BCUT2D eigenvalue weighted by Gasteiger charge is 2.42. The number of fused-ring (bicyclic) bond motifs is 1. The van der Waals surface area contributed by atoms with E-state index in [1.54, 1.807) is 19.3 Å². The van der Waals surface area contributed by atoms with Gasteiger partial charge in [0, 0.05) is 47.4 Å². The highest BCUT2D eigenvalue weighted by atomic mass is 32.1. The highest BCUT2D eigenvalue weighted by Crippen LogP contribution is 2.40. The highest BCUT2D eigenvalue weighted by molar-refractivity contribution is 7.17. The molecule has 1 aliphatic carbocycles. The summed E-state index contributed by atoms with van der Waals surface area (Å²) in [6, 6.07) is 1.34. The summed E-state index contributed by atoms with van der Waals surface area (Å²) >= 11 is 1.52. The summed E-state index contributed by atoms with van der Waals surface area (Å²) in [7, 11) is 0. The summed E-state index contributed by atoms with van der Waals surface area (Å²) < 4.78 is 39.0. The smallest absolute Gasteiger partial charge is 0.372 e. The van der Waals surface area contributed by atoms with E-state index >= 15 is 0 Å². The fourth-order valence-electron chi connectivity index (χ4n) is 4.40. The van der Waals surface area contributed by atoms with Crippen molar-refractivity contribution in [2.24, 2.45) is 17.1 Å². The Labute approximate surface area is 254 Å². The number of hydrogen-bond donors (Lipinski definition) is 2. The van der Waals surface area contributed by atoms with Gasteiger partial charge in [-0.3, -0.25) is 19.4 Å². The number of pyridine rings is 1. The fraction of sp³-hybridized carbons (Fsp3) is 0.567. The first-order valence-electron chi connectivity index (χ1n) is 13.7. The molecule has 1 saturated carbocycles. The molecule has 0 aromatic carbocycles. The second-order valence-electron chi connectivity index (χ2n) is 11.6. The van der Waals surface area contributed by atoms with Gasteiger partial charge in [-0.05, 0) is 44.9 Å².